The van der Waals surface area contributed by atoms with Crippen LogP contribution in [0.2, 0.25) is 0 Å². The first kappa shape index (κ1) is 15.4. The average Bonchev–Trinajstić information content (AvgIpc) is 2.16. The molecule has 0 aliphatic carbocycles. The second-order valence-electron chi connectivity index (χ2n) is 4.03. The normalized spacial score (nSPS) is 15.9. The fourth-order valence-electron chi connectivity index (χ4n) is 1.67. The van der Waals surface area contributed by atoms with E-state index in [1.165, 1.54) is 0 Å². The van der Waals surface area contributed by atoms with Crippen LogP contribution in [-0.2, 0) is 14.4 Å². The Bertz CT molecular complexity index is 319. The van der Waals surface area contributed by atoms with Gasteiger partial charge >= 0.3 is 0 Å². The molecule has 0 fully saturated rings. The highest BCUT2D eigenvalue weighted by Gasteiger charge is 2.46. The van der Waals surface area contributed by atoms with Crippen molar-refractivity contribution in [2.24, 2.45) is 23.1 Å². The SMILES string of the molecule is CCCCC(C(N)=O)C(O)(CC(N)=O)C(N)=O. The molecule has 0 aliphatic rings. The zero-order chi connectivity index (χ0) is 13.6. The van der Waals surface area contributed by atoms with Crippen LogP contribution in [0, 0.1) is 5.92 Å². The van der Waals surface area contributed by atoms with Gasteiger partial charge in [0.2, 0.25) is 11.8 Å². The largest absolute Gasteiger partial charge is 0.379 e. The van der Waals surface area contributed by atoms with Crippen molar-refractivity contribution in [2.45, 2.75) is 38.2 Å². The van der Waals surface area contributed by atoms with Crippen molar-refractivity contribution in [2.75, 3.05) is 0 Å². The number of carbonyl (C=O) groups is 3. The quantitative estimate of drug-likeness (QED) is 0.406. The number of hydrogen-bond acceptors (Lipinski definition) is 4. The summed E-state index contributed by atoms with van der Waals surface area (Å²) in [5, 5.41) is 10.0. The highest BCUT2D eigenvalue weighted by molar-refractivity contribution is 5.95. The summed E-state index contributed by atoms with van der Waals surface area (Å²) < 4.78 is 0. The molecule has 17 heavy (non-hydrogen) atoms. The standard InChI is InChI=1S/C10H19N3O4/c1-2-3-4-6(8(12)15)10(17,9(13)16)5-7(11)14/h6,17H,2-5H2,1H3,(H2,11,14)(H2,12,15)(H2,13,16). The third kappa shape index (κ3) is 4.03. The molecule has 2 atom stereocenters. The average molecular weight is 245 g/mol. The molecule has 3 amide bonds. The van der Waals surface area contributed by atoms with Crippen LogP contribution in [0.4, 0.5) is 0 Å². The van der Waals surface area contributed by atoms with Gasteiger partial charge in [-0.25, -0.2) is 0 Å². The first-order valence-corrected chi connectivity index (χ1v) is 5.35. The maximum absolute atomic E-state index is 11.2. The number of nitrogens with two attached hydrogens (primary N) is 3. The molecule has 7 heteroatoms. The summed E-state index contributed by atoms with van der Waals surface area (Å²) in [6.07, 6.45) is 0.787. The lowest BCUT2D eigenvalue weighted by Gasteiger charge is -2.30. The molecule has 0 heterocycles. The molecule has 0 aliphatic heterocycles. The molecule has 0 aromatic heterocycles. The van der Waals surface area contributed by atoms with Crippen molar-refractivity contribution < 1.29 is 19.5 Å². The Labute approximate surface area is 99.3 Å². The summed E-state index contributed by atoms with van der Waals surface area (Å²) in [6.45, 7) is 1.87. The van der Waals surface area contributed by atoms with E-state index in [-0.39, 0.29) is 6.42 Å². The van der Waals surface area contributed by atoms with Crippen molar-refractivity contribution in [3.05, 3.63) is 0 Å². The van der Waals surface area contributed by atoms with Crippen LogP contribution >= 0.6 is 0 Å². The van der Waals surface area contributed by atoms with Crippen molar-refractivity contribution in [1.29, 1.82) is 0 Å². The predicted octanol–water partition coefficient (Wildman–Crippen LogP) is -1.63. The summed E-state index contributed by atoms with van der Waals surface area (Å²) in [6, 6.07) is 0. The molecule has 98 valence electrons. The lowest BCUT2D eigenvalue weighted by atomic mass is 9.80. The van der Waals surface area contributed by atoms with Crippen molar-refractivity contribution in [3.8, 4) is 0 Å². The van der Waals surface area contributed by atoms with Gasteiger partial charge in [0.15, 0.2) is 5.60 Å². The van der Waals surface area contributed by atoms with Gasteiger partial charge < -0.3 is 22.3 Å². The van der Waals surface area contributed by atoms with Crippen molar-refractivity contribution in [1.82, 2.24) is 0 Å². The zero-order valence-corrected chi connectivity index (χ0v) is 9.81. The minimum atomic E-state index is -2.30. The van der Waals surface area contributed by atoms with Crippen LogP contribution in [0.15, 0.2) is 0 Å². The van der Waals surface area contributed by atoms with E-state index in [1.54, 1.807) is 0 Å². The number of hydrogen-bond donors (Lipinski definition) is 4. The molecule has 0 saturated carbocycles. The Hall–Kier alpha value is -1.63. The van der Waals surface area contributed by atoms with E-state index in [0.717, 1.165) is 6.42 Å². The van der Waals surface area contributed by atoms with Gasteiger partial charge in [-0.1, -0.05) is 19.8 Å². The number of carbonyl (C=O) groups excluding carboxylic acids is 3. The van der Waals surface area contributed by atoms with E-state index in [4.69, 9.17) is 17.2 Å². The lowest BCUT2D eigenvalue weighted by molar-refractivity contribution is -0.154. The van der Waals surface area contributed by atoms with Gasteiger partial charge in [-0.2, -0.15) is 0 Å². The molecule has 7 nitrogen and oxygen atoms in total. The van der Waals surface area contributed by atoms with Crippen LogP contribution in [-0.4, -0.2) is 28.4 Å². The Balaban J connectivity index is 5.14. The van der Waals surface area contributed by atoms with Crippen LogP contribution < -0.4 is 17.2 Å². The summed E-state index contributed by atoms with van der Waals surface area (Å²) in [5.41, 5.74) is 12.8. The van der Waals surface area contributed by atoms with Crippen LogP contribution in [0.5, 0.6) is 0 Å². The minimum Gasteiger partial charge on any atom is -0.379 e. The van der Waals surface area contributed by atoms with Gasteiger partial charge in [-0.05, 0) is 6.42 Å². The molecule has 0 aromatic rings. The van der Waals surface area contributed by atoms with Gasteiger partial charge in [0.25, 0.3) is 5.91 Å². The molecular formula is C10H19N3O4. The molecule has 2 unspecified atom stereocenters. The topological polar surface area (TPSA) is 150 Å². The molecule has 0 rings (SSSR count). The third-order valence-corrected chi connectivity index (χ3v) is 2.64. The fraction of sp³-hybridized carbons (Fsp3) is 0.700. The van der Waals surface area contributed by atoms with Gasteiger partial charge in [0.1, 0.15) is 0 Å². The third-order valence-electron chi connectivity index (χ3n) is 2.64. The van der Waals surface area contributed by atoms with E-state index >= 15 is 0 Å². The molecular weight excluding hydrogens is 226 g/mol. The molecule has 0 saturated heterocycles. The smallest absolute Gasteiger partial charge is 0.250 e. The van der Waals surface area contributed by atoms with Crippen LogP contribution in [0.1, 0.15) is 32.6 Å². The highest BCUT2D eigenvalue weighted by Crippen LogP contribution is 2.26. The second-order valence-corrected chi connectivity index (χ2v) is 4.03. The maximum atomic E-state index is 11.2. The Morgan fingerprint density at radius 2 is 1.76 bits per heavy atom. The number of unbranched alkanes of at least 4 members (excludes halogenated alkanes) is 1. The van der Waals surface area contributed by atoms with Gasteiger partial charge in [-0.3, -0.25) is 14.4 Å². The second kappa shape index (κ2) is 6.19. The Morgan fingerprint density at radius 3 is 2.06 bits per heavy atom. The molecule has 0 spiro atoms. The van der Waals surface area contributed by atoms with E-state index in [1.807, 2.05) is 6.92 Å². The summed E-state index contributed by atoms with van der Waals surface area (Å²) in [7, 11) is 0. The van der Waals surface area contributed by atoms with E-state index < -0.39 is 35.7 Å². The van der Waals surface area contributed by atoms with E-state index in [2.05, 4.69) is 0 Å². The van der Waals surface area contributed by atoms with Gasteiger partial charge in [0, 0.05) is 0 Å². The van der Waals surface area contributed by atoms with Gasteiger partial charge in [0.05, 0.1) is 12.3 Å². The fourth-order valence-corrected chi connectivity index (χ4v) is 1.67. The maximum Gasteiger partial charge on any atom is 0.250 e. The van der Waals surface area contributed by atoms with E-state index in [9.17, 15) is 19.5 Å². The van der Waals surface area contributed by atoms with Crippen LogP contribution in [0.25, 0.3) is 0 Å². The predicted molar refractivity (Wildman–Crippen MR) is 60.2 cm³/mol. The Morgan fingerprint density at radius 1 is 1.24 bits per heavy atom. The van der Waals surface area contributed by atoms with E-state index in [0.29, 0.717) is 6.42 Å². The molecule has 0 bridgehead atoms. The zero-order valence-electron chi connectivity index (χ0n) is 9.81. The number of rotatable bonds is 8. The summed E-state index contributed by atoms with van der Waals surface area (Å²) >= 11 is 0. The van der Waals surface area contributed by atoms with Crippen molar-refractivity contribution >= 4 is 17.7 Å². The molecule has 7 N–H and O–H groups in total. The number of aliphatic hydroxyl groups is 1. The lowest BCUT2D eigenvalue weighted by Crippen LogP contribution is -2.56. The van der Waals surface area contributed by atoms with Gasteiger partial charge in [-0.15, -0.1) is 0 Å². The summed E-state index contributed by atoms with van der Waals surface area (Å²) in [4.78, 5) is 33.3. The monoisotopic (exact) mass is 245 g/mol. The molecule has 0 radical (unpaired) electrons. The first-order valence-electron chi connectivity index (χ1n) is 5.35. The highest BCUT2D eigenvalue weighted by atomic mass is 16.3. The Kier molecular flexibility index (Phi) is 5.60. The first-order chi connectivity index (χ1) is 7.75. The summed E-state index contributed by atoms with van der Waals surface area (Å²) in [5.74, 6) is -4.17. The minimum absolute atomic E-state index is 0.179. The van der Waals surface area contributed by atoms with Crippen molar-refractivity contribution in [3.63, 3.8) is 0 Å². The number of primary amides is 3. The molecule has 0 aromatic carbocycles. The number of amides is 3. The van der Waals surface area contributed by atoms with Crippen LogP contribution in [0.3, 0.4) is 0 Å².